The average Bonchev–Trinajstić information content (AvgIpc) is 3.20. The Balaban J connectivity index is 1.59. The Bertz CT molecular complexity index is 1180. The molecule has 0 fully saturated rings. The van der Waals surface area contributed by atoms with Crippen molar-refractivity contribution < 1.29 is 14.6 Å². The van der Waals surface area contributed by atoms with Crippen LogP contribution in [0.3, 0.4) is 0 Å². The lowest BCUT2D eigenvalue weighted by molar-refractivity contribution is 0.0697. The van der Waals surface area contributed by atoms with E-state index in [0.29, 0.717) is 12.1 Å². The van der Waals surface area contributed by atoms with Crippen molar-refractivity contribution in [2.45, 2.75) is 19.9 Å². The minimum absolute atomic E-state index is 0.295. The van der Waals surface area contributed by atoms with Crippen molar-refractivity contribution in [1.29, 1.82) is 0 Å². The van der Waals surface area contributed by atoms with Crippen molar-refractivity contribution in [2.24, 2.45) is 0 Å². The maximum absolute atomic E-state index is 11.2. The second kappa shape index (κ2) is 9.18. The van der Waals surface area contributed by atoms with Gasteiger partial charge in [0.05, 0.1) is 22.9 Å². The number of carboxylic acid groups (broad SMARTS) is 1. The van der Waals surface area contributed by atoms with Gasteiger partial charge >= 0.3 is 5.97 Å². The fourth-order valence-electron chi connectivity index (χ4n) is 3.43. The predicted molar refractivity (Wildman–Crippen MR) is 126 cm³/mol. The van der Waals surface area contributed by atoms with E-state index >= 15 is 0 Å². The highest BCUT2D eigenvalue weighted by atomic mass is 32.1. The molecule has 0 spiro atoms. The van der Waals surface area contributed by atoms with E-state index in [2.05, 4.69) is 42.2 Å². The first-order valence-electron chi connectivity index (χ1n) is 10.1. The zero-order chi connectivity index (χ0) is 21.8. The van der Waals surface area contributed by atoms with Gasteiger partial charge in [-0.25, -0.2) is 9.78 Å². The van der Waals surface area contributed by atoms with Crippen molar-refractivity contribution in [3.05, 3.63) is 89.0 Å². The normalized spacial score (nSPS) is 10.9. The highest BCUT2D eigenvalue weighted by Crippen LogP contribution is 2.30. The van der Waals surface area contributed by atoms with Crippen LogP contribution in [0.15, 0.2) is 66.7 Å². The number of ether oxygens (including phenoxy) is 1. The van der Waals surface area contributed by atoms with E-state index in [9.17, 15) is 4.79 Å². The fourth-order valence-corrected chi connectivity index (χ4v) is 4.40. The minimum atomic E-state index is -0.913. The first-order chi connectivity index (χ1) is 15.0. The molecule has 31 heavy (non-hydrogen) atoms. The summed E-state index contributed by atoms with van der Waals surface area (Å²) in [7, 11) is 1.67. The first-order valence-corrected chi connectivity index (χ1v) is 10.9. The molecular formula is C25H24N2O3S. The molecule has 0 unspecified atom stereocenters. The molecule has 0 saturated carbocycles. The molecule has 0 aliphatic carbocycles. The van der Waals surface area contributed by atoms with Gasteiger partial charge in [-0.05, 0) is 66.4 Å². The lowest BCUT2D eigenvalue weighted by atomic mass is 10.1. The summed E-state index contributed by atoms with van der Waals surface area (Å²) in [5.41, 5.74) is 4.78. The molecule has 0 radical (unpaired) electrons. The van der Waals surface area contributed by atoms with Crippen LogP contribution in [0.4, 0.5) is 5.13 Å². The van der Waals surface area contributed by atoms with Gasteiger partial charge in [-0.15, -0.1) is 0 Å². The number of aromatic nitrogens is 1. The quantitative estimate of drug-likeness (QED) is 0.395. The van der Waals surface area contributed by atoms with E-state index < -0.39 is 5.97 Å². The topological polar surface area (TPSA) is 62.7 Å². The summed E-state index contributed by atoms with van der Waals surface area (Å²) in [6, 6.07) is 21.5. The summed E-state index contributed by atoms with van der Waals surface area (Å²) in [6.07, 6.45) is 0.867. The average molecular weight is 433 g/mol. The number of aromatic carboxylic acids is 1. The number of anilines is 1. The Labute approximate surface area is 185 Å². The van der Waals surface area contributed by atoms with Crippen LogP contribution in [-0.2, 0) is 13.0 Å². The number of hydrogen-bond donors (Lipinski definition) is 1. The summed E-state index contributed by atoms with van der Waals surface area (Å²) in [4.78, 5) is 18.3. The number of hydrogen-bond acceptors (Lipinski definition) is 5. The molecule has 0 bridgehead atoms. The third-order valence-electron chi connectivity index (χ3n) is 5.21. The number of aryl methyl sites for hydroxylation is 1. The molecule has 3 aromatic carbocycles. The second-order valence-electron chi connectivity index (χ2n) is 7.49. The van der Waals surface area contributed by atoms with Gasteiger partial charge in [-0.2, -0.15) is 0 Å². The Hall–Kier alpha value is -3.38. The van der Waals surface area contributed by atoms with Crippen LogP contribution in [-0.4, -0.2) is 29.7 Å². The fraction of sp³-hybridized carbons (Fsp3) is 0.200. The van der Waals surface area contributed by atoms with Crippen LogP contribution in [0, 0.1) is 6.92 Å². The van der Waals surface area contributed by atoms with Crippen molar-refractivity contribution >= 4 is 32.7 Å². The molecule has 4 aromatic rings. The standard InChI is InChI=1S/C25H24N2O3S/c1-17-3-12-23-22(15-17)26-25(31-23)27(14-13-18-6-10-21(30-2)11-7-18)16-19-4-8-20(9-5-19)24(28)29/h3-12,15H,13-14,16H2,1-2H3,(H,28,29). The SMILES string of the molecule is COc1ccc(CCN(Cc2ccc(C(=O)O)cc2)c2nc3cc(C)ccc3s2)cc1. The number of thiazole rings is 1. The van der Waals surface area contributed by atoms with Crippen LogP contribution >= 0.6 is 11.3 Å². The largest absolute Gasteiger partial charge is 0.497 e. The molecule has 0 saturated heterocycles. The highest BCUT2D eigenvalue weighted by Gasteiger charge is 2.14. The van der Waals surface area contributed by atoms with Crippen molar-refractivity contribution in [3.63, 3.8) is 0 Å². The van der Waals surface area contributed by atoms with Gasteiger partial charge in [-0.3, -0.25) is 0 Å². The number of fused-ring (bicyclic) bond motifs is 1. The summed E-state index contributed by atoms with van der Waals surface area (Å²) < 4.78 is 6.42. The molecule has 0 amide bonds. The van der Waals surface area contributed by atoms with Gasteiger partial charge < -0.3 is 14.7 Å². The zero-order valence-electron chi connectivity index (χ0n) is 17.5. The van der Waals surface area contributed by atoms with E-state index in [-0.39, 0.29) is 0 Å². The van der Waals surface area contributed by atoms with Crippen LogP contribution in [0.25, 0.3) is 10.2 Å². The number of nitrogens with zero attached hydrogens (tertiary/aromatic N) is 2. The molecule has 1 aromatic heterocycles. The van der Waals surface area contributed by atoms with Gasteiger partial charge in [0.1, 0.15) is 5.75 Å². The molecule has 158 valence electrons. The van der Waals surface area contributed by atoms with Crippen molar-refractivity contribution in [3.8, 4) is 5.75 Å². The molecular weight excluding hydrogens is 408 g/mol. The molecule has 1 N–H and O–H groups in total. The third-order valence-corrected chi connectivity index (χ3v) is 6.30. The van der Waals surface area contributed by atoms with E-state index in [1.165, 1.54) is 11.1 Å². The first kappa shape index (κ1) is 20.9. The van der Waals surface area contributed by atoms with Gasteiger partial charge in [-0.1, -0.05) is 41.7 Å². The molecule has 6 heteroatoms. The highest BCUT2D eigenvalue weighted by molar-refractivity contribution is 7.22. The van der Waals surface area contributed by atoms with E-state index in [0.717, 1.165) is 39.6 Å². The summed E-state index contributed by atoms with van der Waals surface area (Å²) >= 11 is 1.68. The van der Waals surface area contributed by atoms with E-state index in [1.807, 2.05) is 24.3 Å². The molecule has 0 aliphatic rings. The third kappa shape index (κ3) is 5.03. The molecule has 5 nitrogen and oxygen atoms in total. The van der Waals surface area contributed by atoms with Gasteiger partial charge in [0.2, 0.25) is 0 Å². The monoisotopic (exact) mass is 432 g/mol. The number of carboxylic acids is 1. The number of rotatable bonds is 8. The maximum atomic E-state index is 11.2. The Morgan fingerprint density at radius 1 is 1.03 bits per heavy atom. The summed E-state index contributed by atoms with van der Waals surface area (Å²) in [6.45, 7) is 3.53. The smallest absolute Gasteiger partial charge is 0.335 e. The summed E-state index contributed by atoms with van der Waals surface area (Å²) in [5.74, 6) is -0.0647. The Kier molecular flexibility index (Phi) is 6.18. The molecule has 0 aliphatic heterocycles. The van der Waals surface area contributed by atoms with Gasteiger partial charge in [0.25, 0.3) is 0 Å². The van der Waals surface area contributed by atoms with Crippen LogP contribution in [0.5, 0.6) is 5.75 Å². The predicted octanol–water partition coefficient (Wildman–Crippen LogP) is 5.56. The second-order valence-corrected chi connectivity index (χ2v) is 8.50. The van der Waals surface area contributed by atoms with Crippen molar-refractivity contribution in [2.75, 3.05) is 18.6 Å². The van der Waals surface area contributed by atoms with Crippen LogP contribution < -0.4 is 9.64 Å². The zero-order valence-corrected chi connectivity index (χ0v) is 18.4. The van der Waals surface area contributed by atoms with Crippen LogP contribution in [0.2, 0.25) is 0 Å². The maximum Gasteiger partial charge on any atom is 0.335 e. The van der Waals surface area contributed by atoms with Crippen LogP contribution in [0.1, 0.15) is 27.0 Å². The molecule has 1 heterocycles. The lowest BCUT2D eigenvalue weighted by Crippen LogP contribution is -2.25. The minimum Gasteiger partial charge on any atom is -0.497 e. The van der Waals surface area contributed by atoms with E-state index in [4.69, 9.17) is 14.8 Å². The van der Waals surface area contributed by atoms with E-state index in [1.54, 1.807) is 30.6 Å². The Morgan fingerprint density at radius 2 is 1.74 bits per heavy atom. The number of carbonyl (C=O) groups is 1. The number of methoxy groups -OCH3 is 1. The van der Waals surface area contributed by atoms with Gasteiger partial charge in [0.15, 0.2) is 5.13 Å². The summed E-state index contributed by atoms with van der Waals surface area (Å²) in [5, 5.41) is 10.1. The number of benzene rings is 3. The van der Waals surface area contributed by atoms with Gasteiger partial charge in [0, 0.05) is 13.1 Å². The Morgan fingerprint density at radius 3 is 2.42 bits per heavy atom. The lowest BCUT2D eigenvalue weighted by Gasteiger charge is -2.22. The van der Waals surface area contributed by atoms with Crippen molar-refractivity contribution in [1.82, 2.24) is 4.98 Å². The molecule has 4 rings (SSSR count). The molecule has 0 atom stereocenters.